The number of carboxylic acids is 1. The molecular weight excluding hydrogens is 341 g/mol. The zero-order chi connectivity index (χ0) is 17.6. The molecule has 0 radical (unpaired) electrons. The lowest BCUT2D eigenvalue weighted by Crippen LogP contribution is -2.32. The Morgan fingerprint density at radius 3 is 2.43 bits per heavy atom. The molecule has 0 saturated carbocycles. The van der Waals surface area contributed by atoms with Crippen LogP contribution in [0.5, 0.6) is 0 Å². The molecule has 0 heterocycles. The number of hydrogen-bond acceptors (Lipinski definition) is 3. The number of carboxylic acid groups (broad SMARTS) is 1. The number of ketones is 1. The van der Waals surface area contributed by atoms with Crippen molar-refractivity contribution in [3.63, 3.8) is 0 Å². The van der Waals surface area contributed by atoms with E-state index in [1.165, 1.54) is 12.1 Å². The normalized spacial score (nSPS) is 12.0. The van der Waals surface area contributed by atoms with Gasteiger partial charge in [-0.05, 0) is 30.5 Å². The van der Waals surface area contributed by atoms with E-state index in [0.29, 0.717) is 11.4 Å². The molecule has 0 fully saturated rings. The minimum atomic E-state index is -1.00. The first kappa shape index (κ1) is 19.5. The standard InChI is InChI=1S/C16H19Cl2NO4/c1-9(2)5-10(16(22)23)6-12(20)8-19-15(21)13-7-11(17)3-4-14(13)18/h3-4,7,9-10H,5-6,8H2,1-2H3,(H,19,21)(H,22,23)/t10-/m1/s1. The molecule has 0 saturated heterocycles. The molecule has 0 spiro atoms. The molecule has 1 amide bonds. The van der Waals surface area contributed by atoms with Gasteiger partial charge in [0.1, 0.15) is 0 Å². The molecule has 2 N–H and O–H groups in total. The number of halogens is 2. The number of benzene rings is 1. The molecule has 0 bridgehead atoms. The van der Waals surface area contributed by atoms with Gasteiger partial charge >= 0.3 is 5.97 Å². The van der Waals surface area contributed by atoms with Gasteiger partial charge in [-0.15, -0.1) is 0 Å². The fourth-order valence-corrected chi connectivity index (χ4v) is 2.51. The fraction of sp³-hybridized carbons (Fsp3) is 0.438. The maximum atomic E-state index is 12.0. The van der Waals surface area contributed by atoms with Crippen LogP contribution in [-0.4, -0.2) is 29.3 Å². The van der Waals surface area contributed by atoms with E-state index in [0.717, 1.165) is 0 Å². The molecule has 1 aromatic carbocycles. The second kappa shape index (κ2) is 8.89. The number of nitrogens with one attached hydrogen (secondary N) is 1. The molecule has 23 heavy (non-hydrogen) atoms. The number of rotatable bonds is 8. The van der Waals surface area contributed by atoms with E-state index in [9.17, 15) is 14.4 Å². The van der Waals surface area contributed by atoms with E-state index < -0.39 is 17.8 Å². The van der Waals surface area contributed by atoms with Gasteiger partial charge in [-0.1, -0.05) is 37.0 Å². The van der Waals surface area contributed by atoms with Crippen LogP contribution in [0, 0.1) is 11.8 Å². The highest BCUT2D eigenvalue weighted by atomic mass is 35.5. The van der Waals surface area contributed by atoms with Gasteiger partial charge in [-0.2, -0.15) is 0 Å². The first-order valence-electron chi connectivity index (χ1n) is 7.18. The highest BCUT2D eigenvalue weighted by molar-refractivity contribution is 6.35. The summed E-state index contributed by atoms with van der Waals surface area (Å²) in [6, 6.07) is 4.45. The molecule has 7 heteroatoms. The molecule has 126 valence electrons. The number of aliphatic carboxylic acids is 1. The van der Waals surface area contributed by atoms with Gasteiger partial charge in [0.25, 0.3) is 5.91 Å². The Kier molecular flexibility index (Phi) is 7.52. The van der Waals surface area contributed by atoms with Crippen molar-refractivity contribution < 1.29 is 19.5 Å². The number of carbonyl (C=O) groups is 3. The molecule has 0 aromatic heterocycles. The average molecular weight is 360 g/mol. The summed E-state index contributed by atoms with van der Waals surface area (Å²) in [5.74, 6) is -2.44. The Hall–Kier alpha value is -1.59. The largest absolute Gasteiger partial charge is 0.481 e. The maximum Gasteiger partial charge on any atom is 0.306 e. The van der Waals surface area contributed by atoms with Crippen molar-refractivity contribution in [2.75, 3.05) is 6.54 Å². The lowest BCUT2D eigenvalue weighted by molar-refractivity contribution is -0.144. The van der Waals surface area contributed by atoms with Gasteiger partial charge < -0.3 is 10.4 Å². The Morgan fingerprint density at radius 1 is 1.22 bits per heavy atom. The van der Waals surface area contributed by atoms with E-state index in [-0.39, 0.29) is 35.3 Å². The fourth-order valence-electron chi connectivity index (χ4n) is 2.13. The Labute approximate surface area is 145 Å². The Bertz CT molecular complexity index is 602. The molecule has 1 aromatic rings. The van der Waals surface area contributed by atoms with Crippen molar-refractivity contribution in [1.82, 2.24) is 5.32 Å². The van der Waals surface area contributed by atoms with Crippen LogP contribution in [0.3, 0.4) is 0 Å². The predicted molar refractivity (Wildman–Crippen MR) is 89.0 cm³/mol. The SMILES string of the molecule is CC(C)C[C@H](CC(=O)CNC(=O)c1cc(Cl)ccc1Cl)C(=O)O. The van der Waals surface area contributed by atoms with Crippen molar-refractivity contribution >= 4 is 40.9 Å². The first-order chi connectivity index (χ1) is 10.7. The maximum absolute atomic E-state index is 12.0. The molecular formula is C16H19Cl2NO4. The number of Topliss-reactive ketones (excluding diaryl/α,β-unsaturated/α-hetero) is 1. The van der Waals surface area contributed by atoms with Gasteiger partial charge in [0.2, 0.25) is 0 Å². The van der Waals surface area contributed by atoms with Crippen molar-refractivity contribution in [3.8, 4) is 0 Å². The third-order valence-corrected chi connectivity index (χ3v) is 3.76. The summed E-state index contributed by atoms with van der Waals surface area (Å²) in [6.07, 6.45) is 0.298. The van der Waals surface area contributed by atoms with Crippen LogP contribution < -0.4 is 5.32 Å². The summed E-state index contributed by atoms with van der Waals surface area (Å²) in [7, 11) is 0. The Morgan fingerprint density at radius 2 is 1.87 bits per heavy atom. The van der Waals surface area contributed by atoms with Crippen LogP contribution in [0.25, 0.3) is 0 Å². The third-order valence-electron chi connectivity index (χ3n) is 3.20. The van der Waals surface area contributed by atoms with Gasteiger partial charge in [-0.3, -0.25) is 14.4 Å². The minimum Gasteiger partial charge on any atom is -0.481 e. The van der Waals surface area contributed by atoms with Crippen LogP contribution in [0.15, 0.2) is 18.2 Å². The minimum absolute atomic E-state index is 0.114. The molecule has 1 rings (SSSR count). The van der Waals surface area contributed by atoms with Crippen LogP contribution in [0.1, 0.15) is 37.0 Å². The number of amides is 1. The highest BCUT2D eigenvalue weighted by Gasteiger charge is 2.22. The molecule has 1 atom stereocenters. The van der Waals surface area contributed by atoms with Crippen LogP contribution in [0.4, 0.5) is 0 Å². The molecule has 0 unspecified atom stereocenters. The van der Waals surface area contributed by atoms with Crippen molar-refractivity contribution in [2.45, 2.75) is 26.7 Å². The summed E-state index contributed by atoms with van der Waals surface area (Å²) < 4.78 is 0. The smallest absolute Gasteiger partial charge is 0.306 e. The quantitative estimate of drug-likeness (QED) is 0.744. The van der Waals surface area contributed by atoms with Gasteiger partial charge in [-0.25, -0.2) is 0 Å². The van der Waals surface area contributed by atoms with Crippen molar-refractivity contribution in [2.24, 2.45) is 11.8 Å². The zero-order valence-electron chi connectivity index (χ0n) is 12.9. The molecule has 0 aliphatic heterocycles. The van der Waals surface area contributed by atoms with Crippen LogP contribution in [0.2, 0.25) is 10.0 Å². The molecule has 0 aliphatic carbocycles. The second-order valence-corrected chi connectivity index (χ2v) is 6.56. The van der Waals surface area contributed by atoms with E-state index in [2.05, 4.69) is 5.32 Å². The van der Waals surface area contributed by atoms with E-state index in [1.54, 1.807) is 6.07 Å². The lowest BCUT2D eigenvalue weighted by atomic mass is 9.92. The lowest BCUT2D eigenvalue weighted by Gasteiger charge is -2.14. The molecule has 5 nitrogen and oxygen atoms in total. The van der Waals surface area contributed by atoms with Gasteiger partial charge in [0.05, 0.1) is 23.0 Å². The summed E-state index contributed by atoms with van der Waals surface area (Å²) in [5.41, 5.74) is 0.170. The summed E-state index contributed by atoms with van der Waals surface area (Å²) >= 11 is 11.7. The zero-order valence-corrected chi connectivity index (χ0v) is 14.4. The summed E-state index contributed by atoms with van der Waals surface area (Å²) in [4.78, 5) is 35.0. The van der Waals surface area contributed by atoms with Crippen molar-refractivity contribution in [1.29, 1.82) is 0 Å². The average Bonchev–Trinajstić information content (AvgIpc) is 2.46. The Balaban J connectivity index is 2.59. The van der Waals surface area contributed by atoms with E-state index in [1.807, 2.05) is 13.8 Å². The van der Waals surface area contributed by atoms with E-state index >= 15 is 0 Å². The first-order valence-corrected chi connectivity index (χ1v) is 7.94. The topological polar surface area (TPSA) is 83.5 Å². The summed E-state index contributed by atoms with van der Waals surface area (Å²) in [6.45, 7) is 3.54. The van der Waals surface area contributed by atoms with Crippen molar-refractivity contribution in [3.05, 3.63) is 33.8 Å². The third kappa shape index (κ3) is 6.59. The monoisotopic (exact) mass is 359 g/mol. The molecule has 0 aliphatic rings. The predicted octanol–water partition coefficient (Wildman–Crippen LogP) is 3.43. The van der Waals surface area contributed by atoms with Gasteiger partial charge in [0, 0.05) is 11.4 Å². The second-order valence-electron chi connectivity index (χ2n) is 5.71. The number of hydrogen-bond donors (Lipinski definition) is 2. The number of carbonyl (C=O) groups excluding carboxylic acids is 2. The highest BCUT2D eigenvalue weighted by Crippen LogP contribution is 2.20. The van der Waals surface area contributed by atoms with Gasteiger partial charge in [0.15, 0.2) is 5.78 Å². The van der Waals surface area contributed by atoms with Crippen LogP contribution >= 0.6 is 23.2 Å². The summed E-state index contributed by atoms with van der Waals surface area (Å²) in [5, 5.41) is 12.1. The van der Waals surface area contributed by atoms with E-state index in [4.69, 9.17) is 28.3 Å². The van der Waals surface area contributed by atoms with Crippen LogP contribution in [-0.2, 0) is 9.59 Å².